The Hall–Kier alpha value is -3.19. The van der Waals surface area contributed by atoms with E-state index in [0.29, 0.717) is 24.1 Å². The van der Waals surface area contributed by atoms with Crippen LogP contribution in [0.3, 0.4) is 0 Å². The molecular weight excluding hydrogens is 366 g/mol. The van der Waals surface area contributed by atoms with Crippen molar-refractivity contribution in [2.45, 2.75) is 13.1 Å². The molecule has 2 aromatic carbocycles. The van der Waals surface area contributed by atoms with Crippen LogP contribution in [-0.4, -0.2) is 27.2 Å². The highest BCUT2D eigenvalue weighted by Gasteiger charge is 2.27. The van der Waals surface area contributed by atoms with Gasteiger partial charge in [0.15, 0.2) is 0 Å². The number of hydrogen-bond acceptors (Lipinski definition) is 5. The lowest BCUT2D eigenvalue weighted by Crippen LogP contribution is -2.34. The molecule has 2 heterocycles. The van der Waals surface area contributed by atoms with E-state index in [1.165, 1.54) is 4.57 Å². The summed E-state index contributed by atoms with van der Waals surface area (Å²) in [6.07, 6.45) is 0. The number of para-hydroxylation sites is 1. The summed E-state index contributed by atoms with van der Waals surface area (Å²) in [5, 5.41) is 11.2. The number of nitrogens with zero attached hydrogens (tertiary/aromatic N) is 4. The van der Waals surface area contributed by atoms with Crippen LogP contribution in [0.4, 0.5) is 11.6 Å². The quantitative estimate of drug-likeness (QED) is 0.750. The summed E-state index contributed by atoms with van der Waals surface area (Å²) >= 11 is 6.09. The molecule has 1 amide bonds. The third-order valence-electron chi connectivity index (χ3n) is 4.40. The summed E-state index contributed by atoms with van der Waals surface area (Å²) in [4.78, 5) is 27.0. The molecule has 0 aliphatic carbocycles. The average molecular weight is 382 g/mol. The third-order valence-corrected chi connectivity index (χ3v) is 4.77. The standard InChI is InChI=1S/C19H16ClN5O2/c20-15-9-5-4-6-13(15)12-21-17(26)16-18(27)25-11-10-24(19(25)23-22-16)14-7-2-1-3-8-14/h1-9H,10-12H2,(H,21,26). The maximum absolute atomic E-state index is 12.7. The van der Waals surface area contributed by atoms with Gasteiger partial charge in [-0.2, -0.15) is 0 Å². The molecule has 7 nitrogen and oxygen atoms in total. The van der Waals surface area contributed by atoms with E-state index in [9.17, 15) is 9.59 Å². The molecule has 3 aromatic rings. The average Bonchev–Trinajstić information content (AvgIpc) is 3.13. The Morgan fingerprint density at radius 2 is 1.78 bits per heavy atom. The van der Waals surface area contributed by atoms with E-state index in [-0.39, 0.29) is 12.2 Å². The molecule has 27 heavy (non-hydrogen) atoms. The summed E-state index contributed by atoms with van der Waals surface area (Å²) in [7, 11) is 0. The highest BCUT2D eigenvalue weighted by atomic mass is 35.5. The Morgan fingerprint density at radius 1 is 1.04 bits per heavy atom. The van der Waals surface area contributed by atoms with Gasteiger partial charge in [0.05, 0.1) is 0 Å². The minimum Gasteiger partial charge on any atom is -0.346 e. The number of nitrogens with one attached hydrogen (secondary N) is 1. The predicted octanol–water partition coefficient (Wildman–Crippen LogP) is 2.37. The monoisotopic (exact) mass is 381 g/mol. The first-order valence-corrected chi connectivity index (χ1v) is 8.84. The summed E-state index contributed by atoms with van der Waals surface area (Å²) < 4.78 is 1.48. The molecule has 0 radical (unpaired) electrons. The van der Waals surface area contributed by atoms with E-state index in [1.807, 2.05) is 53.4 Å². The second-order valence-corrected chi connectivity index (χ2v) is 6.47. The number of anilines is 2. The second kappa shape index (κ2) is 7.20. The van der Waals surface area contributed by atoms with E-state index >= 15 is 0 Å². The Kier molecular flexibility index (Phi) is 4.60. The fraction of sp³-hybridized carbons (Fsp3) is 0.158. The van der Waals surface area contributed by atoms with Gasteiger partial charge in [-0.1, -0.05) is 48.0 Å². The van der Waals surface area contributed by atoms with Crippen LogP contribution in [-0.2, 0) is 13.1 Å². The molecule has 136 valence electrons. The lowest BCUT2D eigenvalue weighted by Gasteiger charge is -2.16. The van der Waals surface area contributed by atoms with Crippen molar-refractivity contribution in [2.75, 3.05) is 11.4 Å². The van der Waals surface area contributed by atoms with Crippen LogP contribution in [0.5, 0.6) is 0 Å². The second-order valence-electron chi connectivity index (χ2n) is 6.07. The van der Waals surface area contributed by atoms with Crippen LogP contribution < -0.4 is 15.8 Å². The SMILES string of the molecule is O=C(NCc1ccccc1Cl)c1nnc2n(c1=O)CCN2c1ccccc1. The number of fused-ring (bicyclic) bond motifs is 1. The molecular formula is C19H16ClN5O2. The number of benzene rings is 2. The van der Waals surface area contributed by atoms with Gasteiger partial charge in [-0.15, -0.1) is 10.2 Å². The van der Waals surface area contributed by atoms with Crippen LogP contribution >= 0.6 is 11.6 Å². The van der Waals surface area contributed by atoms with Crippen molar-refractivity contribution in [3.63, 3.8) is 0 Å². The van der Waals surface area contributed by atoms with Crippen molar-refractivity contribution in [1.82, 2.24) is 20.1 Å². The zero-order chi connectivity index (χ0) is 18.8. The lowest BCUT2D eigenvalue weighted by atomic mass is 10.2. The van der Waals surface area contributed by atoms with E-state index in [1.54, 1.807) is 6.07 Å². The van der Waals surface area contributed by atoms with Gasteiger partial charge in [-0.05, 0) is 23.8 Å². The molecule has 1 aliphatic heterocycles. The Morgan fingerprint density at radius 3 is 2.56 bits per heavy atom. The van der Waals surface area contributed by atoms with E-state index in [4.69, 9.17) is 11.6 Å². The molecule has 8 heteroatoms. The molecule has 0 fully saturated rings. The number of aromatic nitrogens is 3. The fourth-order valence-electron chi connectivity index (χ4n) is 3.01. The molecule has 0 saturated carbocycles. The Labute approximate surface area is 160 Å². The van der Waals surface area contributed by atoms with Gasteiger partial charge in [0.25, 0.3) is 11.5 Å². The lowest BCUT2D eigenvalue weighted by molar-refractivity contribution is 0.0942. The van der Waals surface area contributed by atoms with Crippen LogP contribution in [0.15, 0.2) is 59.4 Å². The zero-order valence-electron chi connectivity index (χ0n) is 14.3. The molecule has 1 aliphatic rings. The molecule has 1 aromatic heterocycles. The molecule has 0 unspecified atom stereocenters. The smallest absolute Gasteiger partial charge is 0.286 e. The Bertz CT molecular complexity index is 1050. The van der Waals surface area contributed by atoms with Crippen molar-refractivity contribution >= 4 is 29.1 Å². The first-order valence-electron chi connectivity index (χ1n) is 8.47. The summed E-state index contributed by atoms with van der Waals surface area (Å²) in [6, 6.07) is 16.8. The molecule has 1 N–H and O–H groups in total. The topological polar surface area (TPSA) is 80.1 Å². The number of hydrogen-bond donors (Lipinski definition) is 1. The maximum atomic E-state index is 12.7. The molecule has 4 rings (SSSR count). The number of carbonyl (C=O) groups is 1. The first-order chi connectivity index (χ1) is 13.1. The Balaban J connectivity index is 1.56. The highest BCUT2D eigenvalue weighted by molar-refractivity contribution is 6.31. The van der Waals surface area contributed by atoms with Gasteiger partial charge < -0.3 is 10.2 Å². The largest absolute Gasteiger partial charge is 0.346 e. The minimum absolute atomic E-state index is 0.206. The predicted molar refractivity (Wildman–Crippen MR) is 102 cm³/mol. The van der Waals surface area contributed by atoms with Crippen LogP contribution in [0, 0.1) is 0 Å². The molecule has 0 saturated heterocycles. The fourth-order valence-corrected chi connectivity index (χ4v) is 3.21. The maximum Gasteiger partial charge on any atom is 0.286 e. The van der Waals surface area contributed by atoms with Gasteiger partial charge >= 0.3 is 0 Å². The van der Waals surface area contributed by atoms with Gasteiger partial charge in [-0.25, -0.2) is 0 Å². The van der Waals surface area contributed by atoms with Crippen molar-refractivity contribution < 1.29 is 4.79 Å². The van der Waals surface area contributed by atoms with Gasteiger partial charge in [0.1, 0.15) is 0 Å². The number of halogens is 1. The van der Waals surface area contributed by atoms with Gasteiger partial charge in [-0.3, -0.25) is 14.2 Å². The number of carbonyl (C=O) groups excluding carboxylic acids is 1. The van der Waals surface area contributed by atoms with Crippen molar-refractivity contribution in [3.05, 3.63) is 81.2 Å². The highest BCUT2D eigenvalue weighted by Crippen LogP contribution is 2.25. The van der Waals surface area contributed by atoms with E-state index in [2.05, 4.69) is 15.5 Å². The minimum atomic E-state index is -0.569. The summed E-state index contributed by atoms with van der Waals surface area (Å²) in [6.45, 7) is 1.25. The summed E-state index contributed by atoms with van der Waals surface area (Å²) in [5.74, 6) is -0.130. The number of rotatable bonds is 4. The first kappa shape index (κ1) is 17.2. The third kappa shape index (κ3) is 3.29. The van der Waals surface area contributed by atoms with Gasteiger partial charge in [0.2, 0.25) is 11.6 Å². The zero-order valence-corrected chi connectivity index (χ0v) is 15.1. The van der Waals surface area contributed by atoms with Crippen LogP contribution in [0.25, 0.3) is 0 Å². The van der Waals surface area contributed by atoms with Crippen LogP contribution in [0.2, 0.25) is 5.02 Å². The van der Waals surface area contributed by atoms with Crippen molar-refractivity contribution in [1.29, 1.82) is 0 Å². The van der Waals surface area contributed by atoms with E-state index < -0.39 is 11.5 Å². The van der Waals surface area contributed by atoms with Gasteiger partial charge in [0, 0.05) is 30.3 Å². The molecule has 0 bridgehead atoms. The summed E-state index contributed by atoms with van der Waals surface area (Å²) in [5.41, 5.74) is 1.01. The normalized spacial score (nSPS) is 12.7. The molecule has 0 spiro atoms. The van der Waals surface area contributed by atoms with Crippen molar-refractivity contribution in [2.24, 2.45) is 0 Å². The van der Waals surface area contributed by atoms with Crippen molar-refractivity contribution in [3.8, 4) is 0 Å². The molecule has 0 atom stereocenters. The number of amides is 1. The van der Waals surface area contributed by atoms with E-state index in [0.717, 1.165) is 11.3 Å². The van der Waals surface area contributed by atoms with Crippen LogP contribution in [0.1, 0.15) is 16.1 Å².